The number of nitrogens with zero attached hydrogens (tertiary/aromatic N) is 2. The molecule has 0 spiro atoms. The van der Waals surface area contributed by atoms with Crippen LogP contribution in [0.25, 0.3) is 0 Å². The highest BCUT2D eigenvalue weighted by atomic mass is 16.5. The summed E-state index contributed by atoms with van der Waals surface area (Å²) in [6.45, 7) is 2.65. The van der Waals surface area contributed by atoms with Gasteiger partial charge in [0.15, 0.2) is 0 Å². The third kappa shape index (κ3) is 4.19. The Morgan fingerprint density at radius 3 is 2.26 bits per heavy atom. The Kier molecular flexibility index (Phi) is 5.90. The summed E-state index contributed by atoms with van der Waals surface area (Å²) < 4.78 is 16.1. The summed E-state index contributed by atoms with van der Waals surface area (Å²) in [6, 6.07) is 13.0. The Balaban J connectivity index is 1.64. The fraction of sp³-hybridized carbons (Fsp3) is 0.350. The highest BCUT2D eigenvalue weighted by Crippen LogP contribution is 2.33. The van der Waals surface area contributed by atoms with Crippen molar-refractivity contribution in [1.29, 1.82) is 0 Å². The minimum atomic E-state index is -0.128. The van der Waals surface area contributed by atoms with Crippen LogP contribution < -0.4 is 24.4 Å². The lowest BCUT2D eigenvalue weighted by molar-refractivity contribution is 0.208. The van der Waals surface area contributed by atoms with Crippen molar-refractivity contribution >= 4 is 17.4 Å². The number of amides is 2. The molecule has 0 atom stereocenters. The normalized spacial score (nSPS) is 13.9. The topological polar surface area (TPSA) is 63.3 Å². The van der Waals surface area contributed by atoms with E-state index in [-0.39, 0.29) is 6.03 Å². The van der Waals surface area contributed by atoms with Crippen molar-refractivity contribution in [1.82, 2.24) is 4.90 Å². The van der Waals surface area contributed by atoms with Gasteiger partial charge in [0, 0.05) is 32.2 Å². The van der Waals surface area contributed by atoms with Gasteiger partial charge in [-0.15, -0.1) is 0 Å². The fourth-order valence-electron chi connectivity index (χ4n) is 3.14. The molecule has 0 unspecified atom stereocenters. The number of methoxy groups -OCH3 is 3. The van der Waals surface area contributed by atoms with E-state index in [0.717, 1.165) is 17.2 Å². The zero-order chi connectivity index (χ0) is 19.2. The lowest BCUT2D eigenvalue weighted by Gasteiger charge is -2.36. The zero-order valence-electron chi connectivity index (χ0n) is 15.9. The third-order valence-electron chi connectivity index (χ3n) is 4.64. The van der Waals surface area contributed by atoms with E-state index in [2.05, 4.69) is 10.2 Å². The molecule has 2 aromatic carbocycles. The monoisotopic (exact) mass is 371 g/mol. The first-order valence-electron chi connectivity index (χ1n) is 8.82. The van der Waals surface area contributed by atoms with Crippen molar-refractivity contribution in [2.24, 2.45) is 0 Å². The number of rotatable bonds is 5. The van der Waals surface area contributed by atoms with Gasteiger partial charge in [-0.2, -0.15) is 0 Å². The van der Waals surface area contributed by atoms with Crippen LogP contribution in [0, 0.1) is 0 Å². The molecular formula is C20H25N3O4. The minimum Gasteiger partial charge on any atom is -0.497 e. The van der Waals surface area contributed by atoms with E-state index in [1.165, 1.54) is 0 Å². The second-order valence-corrected chi connectivity index (χ2v) is 6.14. The van der Waals surface area contributed by atoms with Crippen LogP contribution in [0.1, 0.15) is 0 Å². The van der Waals surface area contributed by atoms with Crippen LogP contribution in [0.5, 0.6) is 17.2 Å². The maximum atomic E-state index is 12.6. The standard InChI is InChI=1S/C20H25N3O4/c1-25-15-8-9-19(27-3)17(14-15)22-10-12-23(13-11-22)20(24)21-16-6-4-5-7-18(16)26-2/h4-9,14H,10-13H2,1-3H3,(H,21,24). The quantitative estimate of drug-likeness (QED) is 0.875. The van der Waals surface area contributed by atoms with E-state index in [9.17, 15) is 4.79 Å². The van der Waals surface area contributed by atoms with Crippen molar-refractivity contribution in [3.63, 3.8) is 0 Å². The van der Waals surface area contributed by atoms with Crippen molar-refractivity contribution in [2.45, 2.75) is 0 Å². The number of hydrogen-bond acceptors (Lipinski definition) is 5. The number of hydrogen-bond donors (Lipinski definition) is 1. The molecular weight excluding hydrogens is 346 g/mol. The number of piperazine rings is 1. The second kappa shape index (κ2) is 8.53. The average molecular weight is 371 g/mol. The number of nitrogens with one attached hydrogen (secondary N) is 1. The number of benzene rings is 2. The molecule has 1 saturated heterocycles. The van der Waals surface area contributed by atoms with Crippen molar-refractivity contribution in [2.75, 3.05) is 57.7 Å². The first-order valence-corrected chi connectivity index (χ1v) is 8.82. The van der Waals surface area contributed by atoms with Crippen molar-refractivity contribution < 1.29 is 19.0 Å². The van der Waals surface area contributed by atoms with E-state index in [1.54, 1.807) is 26.2 Å². The highest BCUT2D eigenvalue weighted by molar-refractivity contribution is 5.91. The maximum Gasteiger partial charge on any atom is 0.322 e. The molecule has 7 heteroatoms. The molecule has 0 aromatic heterocycles. The van der Waals surface area contributed by atoms with E-state index in [4.69, 9.17) is 14.2 Å². The molecule has 144 valence electrons. The summed E-state index contributed by atoms with van der Waals surface area (Å²) in [7, 11) is 4.89. The highest BCUT2D eigenvalue weighted by Gasteiger charge is 2.24. The smallest absolute Gasteiger partial charge is 0.322 e. The van der Waals surface area contributed by atoms with E-state index >= 15 is 0 Å². The van der Waals surface area contributed by atoms with Gasteiger partial charge in [-0.3, -0.25) is 0 Å². The first-order chi connectivity index (χ1) is 13.2. The van der Waals surface area contributed by atoms with Crippen LogP contribution >= 0.6 is 0 Å². The van der Waals surface area contributed by atoms with Gasteiger partial charge in [-0.1, -0.05) is 12.1 Å². The maximum absolute atomic E-state index is 12.6. The van der Waals surface area contributed by atoms with E-state index in [0.29, 0.717) is 37.6 Å². The summed E-state index contributed by atoms with van der Waals surface area (Å²) in [5.41, 5.74) is 1.64. The number of urea groups is 1. The molecule has 0 radical (unpaired) electrons. The molecule has 1 heterocycles. The molecule has 1 N–H and O–H groups in total. The molecule has 7 nitrogen and oxygen atoms in total. The van der Waals surface area contributed by atoms with E-state index < -0.39 is 0 Å². The number of anilines is 2. The summed E-state index contributed by atoms with van der Waals surface area (Å²) >= 11 is 0. The SMILES string of the molecule is COc1ccc(OC)c(N2CCN(C(=O)Nc3ccccc3OC)CC2)c1. The van der Waals surface area contributed by atoms with Gasteiger partial charge in [0.2, 0.25) is 0 Å². The van der Waals surface area contributed by atoms with Crippen LogP contribution in [0.2, 0.25) is 0 Å². The molecule has 27 heavy (non-hydrogen) atoms. The molecule has 1 fully saturated rings. The predicted octanol–water partition coefficient (Wildman–Crippen LogP) is 3.07. The van der Waals surface area contributed by atoms with Gasteiger partial charge < -0.3 is 29.3 Å². The van der Waals surface area contributed by atoms with Gasteiger partial charge in [-0.05, 0) is 24.3 Å². The number of carbonyl (C=O) groups excluding carboxylic acids is 1. The molecule has 2 aromatic rings. The van der Waals surface area contributed by atoms with E-state index in [1.807, 2.05) is 42.5 Å². The number of carbonyl (C=O) groups is 1. The molecule has 0 bridgehead atoms. The Labute approximate surface area is 159 Å². The zero-order valence-corrected chi connectivity index (χ0v) is 15.9. The van der Waals surface area contributed by atoms with Gasteiger partial charge >= 0.3 is 6.03 Å². The molecule has 1 aliphatic heterocycles. The summed E-state index contributed by atoms with van der Waals surface area (Å²) in [4.78, 5) is 16.6. The van der Waals surface area contributed by atoms with Gasteiger partial charge in [0.1, 0.15) is 17.2 Å². The van der Waals surface area contributed by atoms with Crippen LogP contribution in [0.3, 0.4) is 0 Å². The first kappa shape index (κ1) is 18.7. The van der Waals surface area contributed by atoms with Crippen molar-refractivity contribution in [3.8, 4) is 17.2 Å². The van der Waals surface area contributed by atoms with Crippen LogP contribution in [-0.4, -0.2) is 58.4 Å². The van der Waals surface area contributed by atoms with Gasteiger partial charge in [-0.25, -0.2) is 4.79 Å². The Hall–Kier alpha value is -3.09. The number of para-hydroxylation sites is 2. The largest absolute Gasteiger partial charge is 0.497 e. The summed E-state index contributed by atoms with van der Waals surface area (Å²) in [5.74, 6) is 2.22. The van der Waals surface area contributed by atoms with Crippen LogP contribution in [0.15, 0.2) is 42.5 Å². The van der Waals surface area contributed by atoms with Crippen molar-refractivity contribution in [3.05, 3.63) is 42.5 Å². The van der Waals surface area contributed by atoms with Crippen LogP contribution in [0.4, 0.5) is 16.2 Å². The summed E-state index contributed by atoms with van der Waals surface area (Å²) in [6.07, 6.45) is 0. The molecule has 0 saturated carbocycles. The average Bonchev–Trinajstić information content (AvgIpc) is 2.73. The second-order valence-electron chi connectivity index (χ2n) is 6.14. The molecule has 0 aliphatic carbocycles. The third-order valence-corrected chi connectivity index (χ3v) is 4.64. The molecule has 3 rings (SSSR count). The molecule has 1 aliphatic rings. The Morgan fingerprint density at radius 2 is 1.59 bits per heavy atom. The Bertz CT molecular complexity index is 789. The summed E-state index contributed by atoms with van der Waals surface area (Å²) in [5, 5.41) is 2.93. The minimum absolute atomic E-state index is 0.128. The van der Waals surface area contributed by atoms with Gasteiger partial charge in [0.25, 0.3) is 0 Å². The fourth-order valence-corrected chi connectivity index (χ4v) is 3.14. The number of ether oxygens (including phenoxy) is 3. The van der Waals surface area contributed by atoms with Crippen LogP contribution in [-0.2, 0) is 0 Å². The lowest BCUT2D eigenvalue weighted by Crippen LogP contribution is -2.50. The van der Waals surface area contributed by atoms with Gasteiger partial charge in [0.05, 0.1) is 32.7 Å². The molecule has 2 amide bonds. The lowest BCUT2D eigenvalue weighted by atomic mass is 10.2. The Morgan fingerprint density at radius 1 is 0.889 bits per heavy atom. The predicted molar refractivity (Wildman–Crippen MR) is 105 cm³/mol.